The summed E-state index contributed by atoms with van der Waals surface area (Å²) in [6.45, 7) is 0.347. The van der Waals surface area contributed by atoms with Gasteiger partial charge in [-0.2, -0.15) is 0 Å². The van der Waals surface area contributed by atoms with E-state index >= 15 is 0 Å². The largest absolute Gasteiger partial charge is 0.480 e. The number of nitrogens with one attached hydrogen (secondary N) is 3. The molecule has 0 saturated heterocycles. The van der Waals surface area contributed by atoms with Crippen LogP contribution in [0.1, 0.15) is 122 Å². The number of rotatable bonds is 9. The Morgan fingerprint density at radius 1 is 0.405 bits per heavy atom. The maximum atomic E-state index is 10.5. The van der Waals surface area contributed by atoms with Crippen LogP contribution in [-0.2, 0) is 14.4 Å². The molecule has 0 bridgehead atoms. The molecular formula is C28H53N3O6. The van der Waals surface area contributed by atoms with Crippen LogP contribution in [0.5, 0.6) is 0 Å². The summed E-state index contributed by atoms with van der Waals surface area (Å²) in [4.78, 5) is 30.7. The fraction of sp³-hybridized carbons (Fsp3) is 0.893. The smallest absolute Gasteiger partial charge is 0.317 e. The molecule has 37 heavy (non-hydrogen) atoms. The summed E-state index contributed by atoms with van der Waals surface area (Å²) >= 11 is 0. The number of carbonyl (C=O) groups is 3. The van der Waals surface area contributed by atoms with Crippen molar-refractivity contribution in [2.45, 2.75) is 140 Å². The van der Waals surface area contributed by atoms with Crippen LogP contribution >= 0.6 is 0 Å². The average molecular weight is 528 g/mol. The van der Waals surface area contributed by atoms with E-state index in [2.05, 4.69) is 16.0 Å². The minimum atomic E-state index is -0.767. The van der Waals surface area contributed by atoms with Gasteiger partial charge in [0.05, 0.1) is 19.6 Å². The van der Waals surface area contributed by atoms with Crippen molar-refractivity contribution in [2.75, 3.05) is 19.6 Å². The molecule has 0 aromatic rings. The van der Waals surface area contributed by atoms with Crippen LogP contribution in [0.3, 0.4) is 0 Å². The van der Waals surface area contributed by atoms with Crippen LogP contribution in [0.2, 0.25) is 0 Å². The van der Waals surface area contributed by atoms with Crippen molar-refractivity contribution in [1.82, 2.24) is 16.0 Å². The third-order valence-corrected chi connectivity index (χ3v) is 7.16. The van der Waals surface area contributed by atoms with Crippen LogP contribution in [0.25, 0.3) is 0 Å². The predicted molar refractivity (Wildman–Crippen MR) is 146 cm³/mol. The zero-order valence-electron chi connectivity index (χ0n) is 22.9. The molecule has 3 aliphatic rings. The molecule has 0 aliphatic heterocycles. The van der Waals surface area contributed by atoms with Crippen molar-refractivity contribution in [3.63, 3.8) is 0 Å². The summed E-state index contributed by atoms with van der Waals surface area (Å²) in [5, 5.41) is 34.4. The van der Waals surface area contributed by atoms with Gasteiger partial charge in [0, 0.05) is 18.1 Å². The number of hydrogen-bond acceptors (Lipinski definition) is 6. The number of carboxylic acid groups (broad SMARTS) is 3. The second-order valence-corrected chi connectivity index (χ2v) is 10.7. The average Bonchev–Trinajstić information content (AvgIpc) is 3.66. The fourth-order valence-corrected chi connectivity index (χ4v) is 4.83. The predicted octanol–water partition coefficient (Wildman–Crippen LogP) is 4.54. The highest BCUT2D eigenvalue weighted by molar-refractivity contribution is 5.69. The number of hydrogen-bond donors (Lipinski definition) is 6. The van der Waals surface area contributed by atoms with Gasteiger partial charge in [0.1, 0.15) is 0 Å². The molecule has 0 aromatic heterocycles. The zero-order chi connectivity index (χ0) is 27.1. The Bertz CT molecular complexity index is 595. The highest BCUT2D eigenvalue weighted by atomic mass is 16.4. The molecule has 3 rings (SSSR count). The third-order valence-electron chi connectivity index (χ3n) is 7.16. The molecule has 3 saturated carbocycles. The van der Waals surface area contributed by atoms with Crippen LogP contribution in [0, 0.1) is 0 Å². The van der Waals surface area contributed by atoms with Crippen molar-refractivity contribution < 1.29 is 29.7 Å². The molecule has 0 radical (unpaired) electrons. The second-order valence-electron chi connectivity index (χ2n) is 10.7. The minimum absolute atomic E-state index is 0.116. The van der Waals surface area contributed by atoms with E-state index in [4.69, 9.17) is 15.3 Å². The Hall–Kier alpha value is -1.71. The Labute approximate surface area is 223 Å². The summed E-state index contributed by atoms with van der Waals surface area (Å²) in [6, 6.07) is 1.37. The van der Waals surface area contributed by atoms with Crippen LogP contribution in [0.4, 0.5) is 0 Å². The zero-order valence-corrected chi connectivity index (χ0v) is 22.9. The first-order chi connectivity index (χ1) is 17.9. The first kappa shape index (κ1) is 33.3. The summed E-state index contributed by atoms with van der Waals surface area (Å²) < 4.78 is 0. The molecular weight excluding hydrogens is 474 g/mol. The SMILES string of the molecule is O=C(O)CNC1CC1.O=C(O)CNC1CCCCCCC1.O=C(O)CNC1CCCCCCCCCC1. The highest BCUT2D eigenvalue weighted by Crippen LogP contribution is 2.18. The van der Waals surface area contributed by atoms with E-state index < -0.39 is 17.9 Å². The van der Waals surface area contributed by atoms with Gasteiger partial charge in [-0.15, -0.1) is 0 Å². The first-order valence-electron chi connectivity index (χ1n) is 14.7. The van der Waals surface area contributed by atoms with Crippen molar-refractivity contribution in [3.05, 3.63) is 0 Å². The van der Waals surface area contributed by atoms with Crippen LogP contribution < -0.4 is 16.0 Å². The van der Waals surface area contributed by atoms with E-state index in [-0.39, 0.29) is 19.6 Å². The number of aliphatic carboxylic acids is 3. The summed E-state index contributed by atoms with van der Waals surface area (Å²) in [5.74, 6) is -2.26. The molecule has 9 nitrogen and oxygen atoms in total. The van der Waals surface area contributed by atoms with Gasteiger partial charge in [-0.1, -0.05) is 83.5 Å². The van der Waals surface area contributed by atoms with Gasteiger partial charge in [0.2, 0.25) is 0 Å². The van der Waals surface area contributed by atoms with E-state index in [1.165, 1.54) is 83.5 Å². The summed E-state index contributed by atoms with van der Waals surface area (Å²) in [7, 11) is 0. The molecule has 3 aliphatic carbocycles. The van der Waals surface area contributed by atoms with Crippen molar-refractivity contribution in [3.8, 4) is 0 Å². The van der Waals surface area contributed by atoms with Gasteiger partial charge in [-0.25, -0.2) is 0 Å². The van der Waals surface area contributed by atoms with Crippen LogP contribution in [-0.4, -0.2) is 71.0 Å². The second kappa shape index (κ2) is 22.3. The van der Waals surface area contributed by atoms with E-state index in [1.807, 2.05) is 0 Å². The van der Waals surface area contributed by atoms with E-state index in [1.54, 1.807) is 0 Å². The van der Waals surface area contributed by atoms with Gasteiger partial charge in [-0.05, 0) is 38.5 Å². The molecule has 6 N–H and O–H groups in total. The quantitative estimate of drug-likeness (QED) is 0.254. The lowest BCUT2D eigenvalue weighted by atomic mass is 9.97. The van der Waals surface area contributed by atoms with E-state index in [0.717, 1.165) is 38.5 Å². The lowest BCUT2D eigenvalue weighted by Gasteiger charge is -2.19. The normalized spacial score (nSPS) is 20.4. The van der Waals surface area contributed by atoms with Gasteiger partial charge in [-0.3, -0.25) is 14.4 Å². The number of carboxylic acids is 3. The molecule has 0 heterocycles. The highest BCUT2D eigenvalue weighted by Gasteiger charge is 2.20. The molecule has 3 fully saturated rings. The van der Waals surface area contributed by atoms with Gasteiger partial charge in [0.25, 0.3) is 0 Å². The molecule has 216 valence electrons. The Morgan fingerprint density at radius 3 is 0.838 bits per heavy atom. The maximum absolute atomic E-state index is 10.5. The molecule has 0 aromatic carbocycles. The van der Waals surface area contributed by atoms with Gasteiger partial charge < -0.3 is 31.3 Å². The van der Waals surface area contributed by atoms with E-state index in [0.29, 0.717) is 18.1 Å². The Kier molecular flexibility index (Phi) is 20.1. The standard InChI is InChI=1S/C13H25NO2.C10H19NO2.C5H9NO2/c15-13(16)11-14-12-9-7-5-3-1-2-4-6-8-10-12;12-10(13)8-11-9-6-4-2-1-3-5-7-9;7-5(8)3-6-4-1-2-4/h12,14H,1-11H2,(H,15,16);9,11H,1-8H2,(H,12,13);4,6H,1-3H2,(H,7,8). The van der Waals surface area contributed by atoms with Crippen molar-refractivity contribution >= 4 is 17.9 Å². The maximum Gasteiger partial charge on any atom is 0.317 e. The lowest BCUT2D eigenvalue weighted by molar-refractivity contribution is -0.137. The molecule has 0 unspecified atom stereocenters. The first-order valence-corrected chi connectivity index (χ1v) is 14.7. The van der Waals surface area contributed by atoms with Gasteiger partial charge in [0.15, 0.2) is 0 Å². The third kappa shape index (κ3) is 23.2. The lowest BCUT2D eigenvalue weighted by Crippen LogP contribution is -2.33. The fourth-order valence-electron chi connectivity index (χ4n) is 4.83. The monoisotopic (exact) mass is 527 g/mol. The molecule has 0 amide bonds. The summed E-state index contributed by atoms with van der Waals surface area (Å²) in [5.41, 5.74) is 0. The minimum Gasteiger partial charge on any atom is -0.480 e. The van der Waals surface area contributed by atoms with Gasteiger partial charge >= 0.3 is 17.9 Å². The molecule has 0 spiro atoms. The van der Waals surface area contributed by atoms with Crippen molar-refractivity contribution in [1.29, 1.82) is 0 Å². The topological polar surface area (TPSA) is 148 Å². The van der Waals surface area contributed by atoms with E-state index in [9.17, 15) is 14.4 Å². The Balaban J connectivity index is 0.000000292. The van der Waals surface area contributed by atoms with Crippen LogP contribution in [0.15, 0.2) is 0 Å². The molecule has 9 heteroatoms. The molecule has 0 atom stereocenters. The Morgan fingerprint density at radius 2 is 0.622 bits per heavy atom. The summed E-state index contributed by atoms with van der Waals surface area (Å²) in [6.07, 6.45) is 23.9. The van der Waals surface area contributed by atoms with Crippen molar-refractivity contribution in [2.24, 2.45) is 0 Å².